The first-order valence-electron chi connectivity index (χ1n) is 11.5. The average molecular weight is 475 g/mol. The number of carbonyl (C=O) groups is 1. The average Bonchev–Trinajstić information content (AvgIpc) is 2.86. The van der Waals surface area contributed by atoms with Crippen molar-refractivity contribution in [2.24, 2.45) is 0 Å². The van der Waals surface area contributed by atoms with Crippen LogP contribution in [0.3, 0.4) is 0 Å². The first-order valence-corrected chi connectivity index (χ1v) is 13.4. The summed E-state index contributed by atoms with van der Waals surface area (Å²) in [6, 6.07) is 28.7. The van der Waals surface area contributed by atoms with E-state index in [-0.39, 0.29) is 11.1 Å². The van der Waals surface area contributed by atoms with Gasteiger partial charge in [-0.25, -0.2) is 0 Å². The van der Waals surface area contributed by atoms with Gasteiger partial charge in [-0.1, -0.05) is 99.6 Å². The second-order valence-corrected chi connectivity index (χ2v) is 13.5. The summed E-state index contributed by atoms with van der Waals surface area (Å²) in [6.07, 6.45) is 3.71. The molecule has 0 saturated heterocycles. The van der Waals surface area contributed by atoms with E-state index in [1.807, 2.05) is 36.4 Å². The summed E-state index contributed by atoms with van der Waals surface area (Å²) in [4.78, 5) is 11.2. The molecule has 0 saturated carbocycles. The van der Waals surface area contributed by atoms with Gasteiger partial charge in [0.1, 0.15) is 12.0 Å². The van der Waals surface area contributed by atoms with Crippen LogP contribution in [-0.2, 0) is 20.6 Å². The molecule has 0 amide bonds. The summed E-state index contributed by atoms with van der Waals surface area (Å²) in [5, 5.41) is 2.21. The molecular weight excluding hydrogens is 440 g/mol. The highest BCUT2D eigenvalue weighted by Gasteiger charge is 2.51. The van der Waals surface area contributed by atoms with Crippen LogP contribution in [0.5, 0.6) is 5.75 Å². The van der Waals surface area contributed by atoms with E-state index in [2.05, 4.69) is 69.3 Å². The van der Waals surface area contributed by atoms with Crippen LogP contribution >= 0.6 is 0 Å². The molecule has 0 aliphatic carbocycles. The molecule has 0 fully saturated rings. The highest BCUT2D eigenvalue weighted by molar-refractivity contribution is 6.99. The lowest BCUT2D eigenvalue weighted by atomic mass is 10.2. The smallest absolute Gasteiger partial charge is 0.261 e. The van der Waals surface area contributed by atoms with Gasteiger partial charge in [0.25, 0.3) is 8.32 Å². The summed E-state index contributed by atoms with van der Waals surface area (Å²) in [6.45, 7) is 7.48. The third-order valence-corrected chi connectivity index (χ3v) is 10.9. The molecule has 3 aromatic rings. The Labute approximate surface area is 204 Å². The minimum absolute atomic E-state index is 0.168. The Balaban J connectivity index is 1.93. The Bertz CT molecular complexity index is 1000. The molecule has 1 atom stereocenters. The maximum atomic E-state index is 11.2. The quantitative estimate of drug-likeness (QED) is 0.225. The SMILES string of the molecule is COc1ccc(COC[C@H](/C=C\C=O)O[Si](c2ccccc2)(c2ccccc2)C(C)(C)C)cc1. The van der Waals surface area contributed by atoms with Crippen molar-refractivity contribution in [3.05, 3.63) is 103 Å². The maximum Gasteiger partial charge on any atom is 0.261 e. The first-order chi connectivity index (χ1) is 16.4. The van der Waals surface area contributed by atoms with E-state index >= 15 is 0 Å². The van der Waals surface area contributed by atoms with Gasteiger partial charge in [-0.05, 0) is 39.2 Å². The van der Waals surface area contributed by atoms with Gasteiger partial charge in [0, 0.05) is 0 Å². The normalized spacial score (nSPS) is 13.1. The third-order valence-electron chi connectivity index (χ3n) is 5.86. The molecule has 0 aliphatic rings. The molecule has 0 bridgehead atoms. The van der Waals surface area contributed by atoms with Crippen molar-refractivity contribution >= 4 is 25.0 Å². The Kier molecular flexibility index (Phi) is 8.99. The number of hydrogen-bond donors (Lipinski definition) is 0. The summed E-state index contributed by atoms with van der Waals surface area (Å²) >= 11 is 0. The van der Waals surface area contributed by atoms with E-state index < -0.39 is 8.32 Å². The van der Waals surface area contributed by atoms with Gasteiger partial charge in [-0.2, -0.15) is 0 Å². The van der Waals surface area contributed by atoms with Crippen LogP contribution in [0.1, 0.15) is 26.3 Å². The van der Waals surface area contributed by atoms with Crippen molar-refractivity contribution in [3.63, 3.8) is 0 Å². The van der Waals surface area contributed by atoms with Crippen LogP contribution in [-0.4, -0.2) is 34.4 Å². The zero-order chi connectivity index (χ0) is 24.4. The molecule has 0 heterocycles. The second kappa shape index (κ2) is 11.9. The summed E-state index contributed by atoms with van der Waals surface area (Å²) in [5.41, 5.74) is 1.05. The summed E-state index contributed by atoms with van der Waals surface area (Å²) < 4.78 is 18.4. The Morgan fingerprint density at radius 3 is 1.88 bits per heavy atom. The fraction of sp³-hybridized carbons (Fsp3) is 0.276. The van der Waals surface area contributed by atoms with Gasteiger partial charge in [-0.15, -0.1) is 0 Å². The second-order valence-electron chi connectivity index (χ2n) is 9.20. The number of aldehydes is 1. The molecule has 0 unspecified atom stereocenters. The summed E-state index contributed by atoms with van der Waals surface area (Å²) in [5.74, 6) is 0.811. The lowest BCUT2D eigenvalue weighted by Gasteiger charge is -2.44. The minimum atomic E-state index is -2.77. The van der Waals surface area contributed by atoms with Crippen LogP contribution in [0.4, 0.5) is 0 Å². The first kappa shape index (κ1) is 25.6. The number of hydrogen-bond acceptors (Lipinski definition) is 4. The third kappa shape index (κ3) is 6.11. The van der Waals surface area contributed by atoms with Crippen LogP contribution < -0.4 is 15.1 Å². The molecular formula is C29H34O4Si. The zero-order valence-electron chi connectivity index (χ0n) is 20.4. The molecule has 0 spiro atoms. The Morgan fingerprint density at radius 2 is 1.41 bits per heavy atom. The van der Waals surface area contributed by atoms with E-state index in [0.717, 1.165) is 17.6 Å². The number of benzene rings is 3. The van der Waals surface area contributed by atoms with Crippen molar-refractivity contribution in [2.75, 3.05) is 13.7 Å². The topological polar surface area (TPSA) is 44.8 Å². The molecule has 3 rings (SSSR count). The van der Waals surface area contributed by atoms with Gasteiger partial charge in [0.15, 0.2) is 0 Å². The molecule has 178 valence electrons. The monoisotopic (exact) mass is 474 g/mol. The van der Waals surface area contributed by atoms with E-state index in [1.54, 1.807) is 13.2 Å². The lowest BCUT2D eigenvalue weighted by Crippen LogP contribution is -2.67. The standard InChI is InChI=1S/C29H34O4Si/c1-29(2,3)34(27-13-7-5-8-14-27,28-15-9-6-10-16-28)33-26(12-11-21-30)23-32-22-24-17-19-25(31-4)20-18-24/h5-21,26H,22-23H2,1-4H3/b12-11-/t26-/m0/s1. The predicted octanol–water partition coefficient (Wildman–Crippen LogP) is 4.91. The molecule has 34 heavy (non-hydrogen) atoms. The van der Waals surface area contributed by atoms with Gasteiger partial charge >= 0.3 is 0 Å². The highest BCUT2D eigenvalue weighted by atomic mass is 28.4. The van der Waals surface area contributed by atoms with Crippen molar-refractivity contribution < 1.29 is 18.7 Å². The number of carbonyl (C=O) groups excluding carboxylic acids is 1. The minimum Gasteiger partial charge on any atom is -0.497 e. The largest absolute Gasteiger partial charge is 0.497 e. The van der Waals surface area contributed by atoms with E-state index in [1.165, 1.54) is 16.4 Å². The van der Waals surface area contributed by atoms with Crippen molar-refractivity contribution in [3.8, 4) is 5.75 Å². The van der Waals surface area contributed by atoms with Crippen molar-refractivity contribution in [2.45, 2.75) is 38.5 Å². The molecule has 0 N–H and O–H groups in total. The maximum absolute atomic E-state index is 11.2. The number of rotatable bonds is 11. The fourth-order valence-corrected chi connectivity index (χ4v) is 8.85. The molecule has 4 nitrogen and oxygen atoms in total. The van der Waals surface area contributed by atoms with Gasteiger partial charge in [-0.3, -0.25) is 4.79 Å². The van der Waals surface area contributed by atoms with Crippen molar-refractivity contribution in [1.29, 1.82) is 0 Å². The molecule has 3 aromatic carbocycles. The molecule has 0 aromatic heterocycles. The van der Waals surface area contributed by atoms with E-state index in [9.17, 15) is 4.79 Å². The van der Waals surface area contributed by atoms with Gasteiger partial charge < -0.3 is 13.9 Å². The number of methoxy groups -OCH3 is 1. The highest BCUT2D eigenvalue weighted by Crippen LogP contribution is 2.37. The number of ether oxygens (including phenoxy) is 2. The zero-order valence-corrected chi connectivity index (χ0v) is 21.4. The Morgan fingerprint density at radius 1 is 0.853 bits per heavy atom. The van der Waals surface area contributed by atoms with Gasteiger partial charge in [0.2, 0.25) is 0 Å². The van der Waals surface area contributed by atoms with Crippen LogP contribution in [0.2, 0.25) is 5.04 Å². The summed E-state index contributed by atoms with van der Waals surface area (Å²) in [7, 11) is -1.12. The Hall–Kier alpha value is -2.99. The van der Waals surface area contributed by atoms with Crippen molar-refractivity contribution in [1.82, 2.24) is 0 Å². The predicted molar refractivity (Wildman–Crippen MR) is 140 cm³/mol. The molecule has 0 radical (unpaired) electrons. The van der Waals surface area contributed by atoms with E-state index in [4.69, 9.17) is 13.9 Å². The van der Waals surface area contributed by atoms with E-state index in [0.29, 0.717) is 13.2 Å². The number of allylic oxidation sites excluding steroid dienone is 1. The molecule has 0 aliphatic heterocycles. The van der Waals surface area contributed by atoms with Crippen LogP contribution in [0.15, 0.2) is 97.1 Å². The van der Waals surface area contributed by atoms with Crippen LogP contribution in [0.25, 0.3) is 0 Å². The lowest BCUT2D eigenvalue weighted by molar-refractivity contribution is -0.104. The van der Waals surface area contributed by atoms with Crippen LogP contribution in [0, 0.1) is 0 Å². The van der Waals surface area contributed by atoms with Gasteiger partial charge in [0.05, 0.1) is 26.4 Å². The fourth-order valence-electron chi connectivity index (χ4n) is 4.23. The molecule has 5 heteroatoms.